The quantitative estimate of drug-likeness (QED) is 0.460. The van der Waals surface area contributed by atoms with Gasteiger partial charge in [0, 0.05) is 6.54 Å². The Hall–Kier alpha value is -3.76. The third-order valence-corrected chi connectivity index (χ3v) is 6.03. The molecule has 1 fully saturated rings. The largest absolute Gasteiger partial charge is 0.416 e. The van der Waals surface area contributed by atoms with Gasteiger partial charge in [0.1, 0.15) is 11.6 Å². The summed E-state index contributed by atoms with van der Waals surface area (Å²) in [5.74, 6) is -0.658. The third-order valence-electron chi connectivity index (χ3n) is 6.03. The Morgan fingerprint density at radius 1 is 1.12 bits per heavy atom. The highest BCUT2D eigenvalue weighted by Gasteiger charge is 2.44. The highest BCUT2D eigenvalue weighted by atomic mass is 19.4. The summed E-state index contributed by atoms with van der Waals surface area (Å²) in [4.78, 5) is 23.9. The van der Waals surface area contributed by atoms with Gasteiger partial charge in [-0.3, -0.25) is 4.79 Å². The number of likely N-dealkylation sites (tertiary alicyclic amines) is 1. The molecule has 5 rings (SSSR count). The first-order valence-electron chi connectivity index (χ1n) is 10.2. The van der Waals surface area contributed by atoms with Crippen molar-refractivity contribution in [1.82, 2.24) is 29.9 Å². The van der Waals surface area contributed by atoms with Crippen molar-refractivity contribution in [2.75, 3.05) is 6.54 Å². The molecule has 0 bridgehead atoms. The van der Waals surface area contributed by atoms with E-state index in [2.05, 4.69) is 20.2 Å². The predicted molar refractivity (Wildman–Crippen MR) is 110 cm³/mol. The van der Waals surface area contributed by atoms with Gasteiger partial charge in [0.15, 0.2) is 0 Å². The number of imidazole rings is 1. The van der Waals surface area contributed by atoms with Gasteiger partial charge in [-0.1, -0.05) is 0 Å². The number of nitrogens with one attached hydrogen (secondary N) is 1. The molecule has 4 aromatic rings. The van der Waals surface area contributed by atoms with Gasteiger partial charge in [-0.15, -0.1) is 0 Å². The molecule has 1 aliphatic rings. The fourth-order valence-corrected chi connectivity index (χ4v) is 4.32. The molecule has 0 saturated carbocycles. The van der Waals surface area contributed by atoms with Crippen LogP contribution in [0.1, 0.15) is 41.5 Å². The predicted octanol–water partition coefficient (Wildman–Crippen LogP) is 4.45. The Labute approximate surface area is 185 Å². The summed E-state index contributed by atoms with van der Waals surface area (Å²) in [5, 5.41) is 8.08. The zero-order valence-electron chi connectivity index (χ0n) is 17.4. The van der Waals surface area contributed by atoms with Crippen LogP contribution in [-0.2, 0) is 11.7 Å². The summed E-state index contributed by atoms with van der Waals surface area (Å²) in [6.07, 6.45) is -0.400. The number of fused-ring (bicyclic) bond motifs is 1. The molecule has 1 aliphatic heterocycles. The minimum Gasteiger partial charge on any atom is -0.340 e. The molecule has 0 aliphatic carbocycles. The summed E-state index contributed by atoms with van der Waals surface area (Å²) >= 11 is 0. The number of amides is 1. The standard InChI is InChI=1S/C22H18F4N6O/c1-21(20-29-16-5-3-13(22(24,25)26)11-17(16)30-20)7-2-10-31(21)19(33)15-12-14(23)4-6-18(15)32-27-8-9-28-32/h3-6,8-9,11-12H,2,7,10H2,1H3,(H,29,30). The molecule has 2 aromatic carbocycles. The van der Waals surface area contributed by atoms with Gasteiger partial charge >= 0.3 is 6.18 Å². The SMILES string of the molecule is CC1(c2nc3ccc(C(F)(F)F)cc3[nH]2)CCCN1C(=O)c1cc(F)ccc1-n1nccn1. The van der Waals surface area contributed by atoms with E-state index >= 15 is 0 Å². The minimum absolute atomic E-state index is 0.0785. The summed E-state index contributed by atoms with van der Waals surface area (Å²) in [5.41, 5.74) is -0.714. The van der Waals surface area contributed by atoms with Crippen LogP contribution in [0, 0.1) is 5.82 Å². The summed E-state index contributed by atoms with van der Waals surface area (Å²) in [6.45, 7) is 2.17. The Kier molecular flexibility index (Phi) is 4.73. The van der Waals surface area contributed by atoms with Crippen molar-refractivity contribution < 1.29 is 22.4 Å². The molecule has 1 amide bonds. The number of hydrogen-bond acceptors (Lipinski definition) is 4. The maximum atomic E-state index is 14.1. The van der Waals surface area contributed by atoms with Crippen LogP contribution in [-0.4, -0.2) is 42.3 Å². The second-order valence-corrected chi connectivity index (χ2v) is 8.13. The highest BCUT2D eigenvalue weighted by molar-refractivity contribution is 5.98. The molecule has 1 atom stereocenters. The van der Waals surface area contributed by atoms with E-state index in [1.807, 2.05) is 0 Å². The van der Waals surface area contributed by atoms with Gasteiger partial charge in [0.05, 0.1) is 45.8 Å². The number of halogens is 4. The van der Waals surface area contributed by atoms with E-state index in [0.29, 0.717) is 36.4 Å². The average Bonchev–Trinajstić information content (AvgIpc) is 3.52. The number of H-pyrrole nitrogens is 1. The van der Waals surface area contributed by atoms with Crippen LogP contribution < -0.4 is 0 Å². The Morgan fingerprint density at radius 2 is 1.88 bits per heavy atom. The maximum Gasteiger partial charge on any atom is 0.416 e. The van der Waals surface area contributed by atoms with Crippen LogP contribution in [0.25, 0.3) is 16.7 Å². The Morgan fingerprint density at radius 3 is 2.61 bits per heavy atom. The smallest absolute Gasteiger partial charge is 0.340 e. The van der Waals surface area contributed by atoms with Crippen LogP contribution in [0.3, 0.4) is 0 Å². The topological polar surface area (TPSA) is 79.7 Å². The van der Waals surface area contributed by atoms with Crippen molar-refractivity contribution in [3.63, 3.8) is 0 Å². The van der Waals surface area contributed by atoms with E-state index in [1.165, 1.54) is 35.4 Å². The van der Waals surface area contributed by atoms with Gasteiger partial charge in [-0.2, -0.15) is 28.2 Å². The zero-order chi connectivity index (χ0) is 23.4. The van der Waals surface area contributed by atoms with Crippen molar-refractivity contribution in [3.8, 4) is 5.69 Å². The average molecular weight is 458 g/mol. The second-order valence-electron chi connectivity index (χ2n) is 8.13. The van der Waals surface area contributed by atoms with Crippen LogP contribution in [0.5, 0.6) is 0 Å². The zero-order valence-corrected chi connectivity index (χ0v) is 17.4. The lowest BCUT2D eigenvalue weighted by Gasteiger charge is -2.34. The first kappa shape index (κ1) is 21.1. The molecule has 2 aromatic heterocycles. The number of carbonyl (C=O) groups excluding carboxylic acids is 1. The summed E-state index contributed by atoms with van der Waals surface area (Å²) < 4.78 is 53.4. The molecule has 1 saturated heterocycles. The number of hydrogen-bond donors (Lipinski definition) is 1. The maximum absolute atomic E-state index is 14.1. The van der Waals surface area contributed by atoms with E-state index in [1.54, 1.807) is 11.8 Å². The summed E-state index contributed by atoms with van der Waals surface area (Å²) in [7, 11) is 0. The number of aromatic nitrogens is 5. The lowest BCUT2D eigenvalue weighted by atomic mass is 9.97. The molecule has 170 valence electrons. The molecule has 7 nitrogen and oxygen atoms in total. The molecule has 3 heterocycles. The minimum atomic E-state index is -4.48. The lowest BCUT2D eigenvalue weighted by molar-refractivity contribution is -0.137. The van der Waals surface area contributed by atoms with Gasteiger partial charge in [0.25, 0.3) is 5.91 Å². The van der Waals surface area contributed by atoms with E-state index in [0.717, 1.165) is 18.2 Å². The highest BCUT2D eigenvalue weighted by Crippen LogP contribution is 2.40. The van der Waals surface area contributed by atoms with E-state index < -0.39 is 29.0 Å². The lowest BCUT2D eigenvalue weighted by Crippen LogP contribution is -2.44. The number of benzene rings is 2. The molecule has 0 spiro atoms. The van der Waals surface area contributed by atoms with E-state index in [9.17, 15) is 22.4 Å². The Bertz CT molecular complexity index is 1350. The fraction of sp³-hybridized carbons (Fsp3) is 0.273. The molecule has 11 heteroatoms. The van der Waals surface area contributed by atoms with Gasteiger partial charge < -0.3 is 9.88 Å². The first-order chi connectivity index (χ1) is 15.7. The third kappa shape index (κ3) is 3.53. The van der Waals surface area contributed by atoms with Crippen LogP contribution in [0.4, 0.5) is 17.6 Å². The second kappa shape index (κ2) is 7.39. The fourth-order valence-electron chi connectivity index (χ4n) is 4.32. The van der Waals surface area contributed by atoms with Crippen molar-refractivity contribution in [2.45, 2.75) is 31.5 Å². The monoisotopic (exact) mass is 458 g/mol. The van der Waals surface area contributed by atoms with Crippen LogP contribution in [0.15, 0.2) is 48.8 Å². The van der Waals surface area contributed by atoms with Crippen molar-refractivity contribution in [1.29, 1.82) is 0 Å². The van der Waals surface area contributed by atoms with E-state index in [-0.39, 0.29) is 11.1 Å². The molecular formula is C22H18F4N6O. The van der Waals surface area contributed by atoms with Gasteiger partial charge in [-0.25, -0.2) is 9.37 Å². The molecule has 33 heavy (non-hydrogen) atoms. The van der Waals surface area contributed by atoms with Gasteiger partial charge in [-0.05, 0) is 56.2 Å². The Balaban J connectivity index is 1.56. The number of aromatic amines is 1. The van der Waals surface area contributed by atoms with Crippen LogP contribution >= 0.6 is 0 Å². The summed E-state index contributed by atoms with van der Waals surface area (Å²) in [6, 6.07) is 7.06. The van der Waals surface area contributed by atoms with Crippen molar-refractivity contribution in [2.24, 2.45) is 0 Å². The molecule has 1 N–H and O–H groups in total. The number of carbonyl (C=O) groups is 1. The first-order valence-corrected chi connectivity index (χ1v) is 10.2. The van der Waals surface area contributed by atoms with Crippen LogP contribution in [0.2, 0.25) is 0 Å². The molecule has 1 unspecified atom stereocenters. The van der Waals surface area contributed by atoms with Gasteiger partial charge in [0.2, 0.25) is 0 Å². The normalized spacial score (nSPS) is 18.9. The number of nitrogens with zero attached hydrogens (tertiary/aromatic N) is 5. The number of rotatable bonds is 3. The van der Waals surface area contributed by atoms with Crippen molar-refractivity contribution in [3.05, 3.63) is 71.6 Å². The van der Waals surface area contributed by atoms with Crippen molar-refractivity contribution >= 4 is 16.9 Å². The van der Waals surface area contributed by atoms with E-state index in [4.69, 9.17) is 0 Å². The number of alkyl halides is 3. The molecular weight excluding hydrogens is 440 g/mol. The molecule has 0 radical (unpaired) electrons.